The van der Waals surface area contributed by atoms with Crippen LogP contribution in [0.3, 0.4) is 0 Å². The highest BCUT2D eigenvalue weighted by Gasteiger charge is 2.28. The van der Waals surface area contributed by atoms with E-state index in [2.05, 4.69) is 24.2 Å². The van der Waals surface area contributed by atoms with Crippen LogP contribution in [0.5, 0.6) is 0 Å². The van der Waals surface area contributed by atoms with Gasteiger partial charge in [0.25, 0.3) is 0 Å². The Hall–Kier alpha value is -0.650. The fraction of sp³-hybridized carbons (Fsp3) is 0.786. The maximum Gasteiger partial charge on any atom is 0.185 e. The Morgan fingerprint density at radius 2 is 2.37 bits per heavy atom. The van der Waals surface area contributed by atoms with Gasteiger partial charge in [0.05, 0.1) is 18.3 Å². The van der Waals surface area contributed by atoms with E-state index in [1.807, 2.05) is 11.3 Å². The largest absolute Gasteiger partial charge is 0.379 e. The number of aryl methyl sites for hydroxylation is 1. The van der Waals surface area contributed by atoms with E-state index < -0.39 is 0 Å². The average molecular weight is 281 g/mol. The number of thiazole rings is 1. The summed E-state index contributed by atoms with van der Waals surface area (Å²) in [6.07, 6.45) is 4.77. The quantitative estimate of drug-likeness (QED) is 0.919. The first-order valence-electron chi connectivity index (χ1n) is 7.33. The van der Waals surface area contributed by atoms with Gasteiger partial charge in [-0.3, -0.25) is 0 Å². The van der Waals surface area contributed by atoms with E-state index >= 15 is 0 Å². The molecule has 0 amide bonds. The van der Waals surface area contributed by atoms with Gasteiger partial charge in [-0.2, -0.15) is 0 Å². The predicted octanol–water partition coefficient (Wildman–Crippen LogP) is 2.36. The summed E-state index contributed by atoms with van der Waals surface area (Å²) in [6, 6.07) is 1.03. The molecule has 1 fully saturated rings. The average Bonchev–Trinajstić information content (AvgIpc) is 3.08. The number of anilines is 1. The van der Waals surface area contributed by atoms with E-state index in [1.54, 1.807) is 0 Å². The molecular formula is C14H23N3OS. The molecule has 0 spiro atoms. The van der Waals surface area contributed by atoms with E-state index in [0.29, 0.717) is 12.1 Å². The molecule has 2 heterocycles. The minimum Gasteiger partial charge on any atom is -0.379 e. The number of hydrogen-bond donors (Lipinski definition) is 1. The summed E-state index contributed by atoms with van der Waals surface area (Å²) >= 11 is 1.88. The molecule has 1 aromatic heterocycles. The highest BCUT2D eigenvalue weighted by Crippen LogP contribution is 2.38. The molecular weight excluding hydrogens is 258 g/mol. The Kier molecular flexibility index (Phi) is 4.05. The normalized spacial score (nSPS) is 26.4. The molecule has 106 valence electrons. The zero-order valence-electron chi connectivity index (χ0n) is 11.8. The van der Waals surface area contributed by atoms with Crippen molar-refractivity contribution in [2.75, 3.05) is 31.7 Å². The summed E-state index contributed by atoms with van der Waals surface area (Å²) in [7, 11) is 2.16. The van der Waals surface area contributed by atoms with Crippen LogP contribution in [-0.4, -0.2) is 37.8 Å². The van der Waals surface area contributed by atoms with Gasteiger partial charge in [-0.25, -0.2) is 4.98 Å². The molecule has 1 aromatic rings. The van der Waals surface area contributed by atoms with Crippen LogP contribution in [0, 0.1) is 0 Å². The van der Waals surface area contributed by atoms with Crippen LogP contribution in [0.4, 0.5) is 5.13 Å². The van der Waals surface area contributed by atoms with Crippen LogP contribution in [0.1, 0.15) is 42.8 Å². The Labute approximate surface area is 119 Å². The number of likely N-dealkylation sites (N-methyl/N-ethyl adjacent to an activating group) is 1. The van der Waals surface area contributed by atoms with Gasteiger partial charge in [-0.15, -0.1) is 0 Å². The molecule has 5 heteroatoms. The van der Waals surface area contributed by atoms with Crippen molar-refractivity contribution in [2.45, 2.75) is 44.7 Å². The number of nitrogens with one attached hydrogen (secondary N) is 1. The van der Waals surface area contributed by atoms with Gasteiger partial charge in [-0.05, 0) is 32.2 Å². The van der Waals surface area contributed by atoms with Gasteiger partial charge < -0.3 is 15.0 Å². The van der Waals surface area contributed by atoms with Crippen molar-refractivity contribution in [3.05, 3.63) is 10.6 Å². The Balaban J connectivity index is 1.80. The second-order valence-electron chi connectivity index (χ2n) is 5.44. The third-order valence-electron chi connectivity index (χ3n) is 4.14. The second-order valence-corrected chi connectivity index (χ2v) is 6.45. The number of rotatable bonds is 4. The van der Waals surface area contributed by atoms with E-state index in [0.717, 1.165) is 32.6 Å². The Morgan fingerprint density at radius 3 is 3.11 bits per heavy atom. The summed E-state index contributed by atoms with van der Waals surface area (Å²) in [5.41, 5.74) is 1.32. The topological polar surface area (TPSA) is 37.4 Å². The molecule has 2 atom stereocenters. The van der Waals surface area contributed by atoms with Crippen LogP contribution in [0.15, 0.2) is 0 Å². The zero-order valence-corrected chi connectivity index (χ0v) is 12.6. The lowest BCUT2D eigenvalue weighted by Crippen LogP contribution is -2.31. The molecule has 1 aliphatic carbocycles. The van der Waals surface area contributed by atoms with Crippen LogP contribution in [-0.2, 0) is 11.2 Å². The fourth-order valence-corrected chi connectivity index (χ4v) is 4.24. The Morgan fingerprint density at radius 1 is 1.47 bits per heavy atom. The minimum atomic E-state index is 0.505. The molecule has 19 heavy (non-hydrogen) atoms. The van der Waals surface area contributed by atoms with E-state index in [9.17, 15) is 0 Å². The zero-order chi connectivity index (χ0) is 13.2. The number of fused-ring (bicyclic) bond motifs is 1. The first-order chi connectivity index (χ1) is 9.29. The van der Waals surface area contributed by atoms with Crippen molar-refractivity contribution in [3.63, 3.8) is 0 Å². The molecule has 1 N–H and O–H groups in total. The molecule has 1 aliphatic heterocycles. The lowest BCUT2D eigenvalue weighted by atomic mass is 9.98. The van der Waals surface area contributed by atoms with Crippen molar-refractivity contribution >= 4 is 16.5 Å². The predicted molar refractivity (Wildman–Crippen MR) is 79.1 cm³/mol. The van der Waals surface area contributed by atoms with Gasteiger partial charge in [0, 0.05) is 24.6 Å². The molecule has 0 bridgehead atoms. The third kappa shape index (κ3) is 2.64. The number of aromatic nitrogens is 1. The van der Waals surface area contributed by atoms with Crippen molar-refractivity contribution in [1.29, 1.82) is 0 Å². The lowest BCUT2D eigenvalue weighted by Gasteiger charge is -2.22. The SMILES string of the molecule is CCNC1CCCc2nc(N(C)C3CCOC3)sc21. The number of ether oxygens (including phenoxy) is 1. The van der Waals surface area contributed by atoms with E-state index in [4.69, 9.17) is 9.72 Å². The van der Waals surface area contributed by atoms with Crippen LogP contribution in [0.25, 0.3) is 0 Å². The van der Waals surface area contributed by atoms with E-state index in [-0.39, 0.29) is 0 Å². The molecule has 4 nitrogen and oxygen atoms in total. The summed E-state index contributed by atoms with van der Waals surface area (Å²) in [6.45, 7) is 4.94. The molecule has 0 aromatic carbocycles. The lowest BCUT2D eigenvalue weighted by molar-refractivity contribution is 0.193. The first-order valence-corrected chi connectivity index (χ1v) is 8.14. The van der Waals surface area contributed by atoms with Crippen molar-refractivity contribution < 1.29 is 4.74 Å². The van der Waals surface area contributed by atoms with Crippen LogP contribution < -0.4 is 10.2 Å². The molecule has 2 unspecified atom stereocenters. The highest BCUT2D eigenvalue weighted by molar-refractivity contribution is 7.15. The van der Waals surface area contributed by atoms with Crippen molar-refractivity contribution in [3.8, 4) is 0 Å². The maximum atomic E-state index is 5.48. The molecule has 0 saturated carbocycles. The van der Waals surface area contributed by atoms with Crippen molar-refractivity contribution in [2.24, 2.45) is 0 Å². The monoisotopic (exact) mass is 281 g/mol. The molecule has 0 radical (unpaired) electrons. The van der Waals surface area contributed by atoms with Gasteiger partial charge in [0.2, 0.25) is 0 Å². The molecule has 2 aliphatic rings. The summed E-state index contributed by atoms with van der Waals surface area (Å²) < 4.78 is 5.48. The van der Waals surface area contributed by atoms with Gasteiger partial charge in [-0.1, -0.05) is 18.3 Å². The van der Waals surface area contributed by atoms with Crippen LogP contribution in [0.2, 0.25) is 0 Å². The smallest absolute Gasteiger partial charge is 0.185 e. The summed E-state index contributed by atoms with van der Waals surface area (Å²) in [4.78, 5) is 8.66. The minimum absolute atomic E-state index is 0.505. The first kappa shape index (κ1) is 13.3. The van der Waals surface area contributed by atoms with E-state index in [1.165, 1.54) is 28.5 Å². The van der Waals surface area contributed by atoms with Gasteiger partial charge in [0.15, 0.2) is 5.13 Å². The van der Waals surface area contributed by atoms with Gasteiger partial charge >= 0.3 is 0 Å². The van der Waals surface area contributed by atoms with Crippen LogP contribution >= 0.6 is 11.3 Å². The molecule has 1 saturated heterocycles. The third-order valence-corrected chi connectivity index (χ3v) is 5.45. The number of nitrogens with zero attached hydrogens (tertiary/aromatic N) is 2. The summed E-state index contributed by atoms with van der Waals surface area (Å²) in [5, 5.41) is 4.76. The molecule has 3 rings (SSSR count). The maximum absolute atomic E-state index is 5.48. The summed E-state index contributed by atoms with van der Waals surface area (Å²) in [5.74, 6) is 0. The number of hydrogen-bond acceptors (Lipinski definition) is 5. The fourth-order valence-electron chi connectivity index (χ4n) is 2.98. The Bertz CT molecular complexity index is 428. The second kappa shape index (κ2) is 5.77. The standard InChI is InChI=1S/C14H23N3OS/c1-3-15-11-5-4-6-12-13(11)19-14(16-12)17(2)10-7-8-18-9-10/h10-11,15H,3-9H2,1-2H3. The van der Waals surface area contributed by atoms with Crippen molar-refractivity contribution in [1.82, 2.24) is 10.3 Å². The highest BCUT2D eigenvalue weighted by atomic mass is 32.1. The van der Waals surface area contributed by atoms with Gasteiger partial charge in [0.1, 0.15) is 0 Å².